The van der Waals surface area contributed by atoms with E-state index in [1.165, 1.54) is 24.3 Å². The highest BCUT2D eigenvalue weighted by Crippen LogP contribution is 2.43. The number of carbonyl (C=O) groups excluding carboxylic acids is 1. The molecule has 4 nitrogen and oxygen atoms in total. The van der Waals surface area contributed by atoms with Crippen LogP contribution >= 0.6 is 0 Å². The molecule has 2 aromatic carbocycles. The summed E-state index contributed by atoms with van der Waals surface area (Å²) < 4.78 is 49.4. The topological polar surface area (TPSA) is 45.2 Å². The Kier molecular flexibility index (Phi) is 5.09. The molecule has 0 saturated heterocycles. The van der Waals surface area contributed by atoms with E-state index in [0.717, 1.165) is 0 Å². The van der Waals surface area contributed by atoms with Crippen molar-refractivity contribution in [3.05, 3.63) is 77.1 Å². The number of carbonyl (C=O) groups is 1. The lowest BCUT2D eigenvalue weighted by Crippen LogP contribution is -2.21. The van der Waals surface area contributed by atoms with Gasteiger partial charge < -0.3 is 9.73 Å². The van der Waals surface area contributed by atoms with Crippen molar-refractivity contribution in [1.82, 2.24) is 4.58 Å². The summed E-state index contributed by atoms with van der Waals surface area (Å²) >= 11 is 0. The highest BCUT2D eigenvalue weighted by atomic mass is 19.4. The number of alkyl halides is 3. The molecular weight excluding hydrogens is 404 g/mol. The first-order chi connectivity index (χ1) is 14.6. The maximum atomic E-state index is 13.9. The van der Waals surface area contributed by atoms with Gasteiger partial charge in [-0.2, -0.15) is 13.2 Å². The molecule has 31 heavy (non-hydrogen) atoms. The maximum absolute atomic E-state index is 13.9. The average molecular weight is 421 g/mol. The quantitative estimate of drug-likeness (QED) is 0.305. The summed E-state index contributed by atoms with van der Waals surface area (Å²) in [6, 6.07) is 15.0. The van der Waals surface area contributed by atoms with Crippen molar-refractivity contribution >= 4 is 35.9 Å². The predicted molar refractivity (Wildman–Crippen MR) is 115 cm³/mol. The smallest absolute Gasteiger partial charge is 0.417 e. The van der Waals surface area contributed by atoms with E-state index in [0.29, 0.717) is 22.1 Å². The second-order valence-corrected chi connectivity index (χ2v) is 7.34. The van der Waals surface area contributed by atoms with Crippen LogP contribution < -0.4 is 20.7 Å². The van der Waals surface area contributed by atoms with Gasteiger partial charge in [0.15, 0.2) is 0 Å². The number of rotatable bonds is 2. The SMILES string of the molecule is [B]c1ccc(C(=O)Nc2ccc3c(C(F)(F)F)c4ccc(=[N+](C)C)cc-4oc3c2)cc1. The Hall–Kier alpha value is -3.55. The normalized spacial score (nSPS) is 11.6. The van der Waals surface area contributed by atoms with Crippen molar-refractivity contribution in [2.45, 2.75) is 6.18 Å². The third kappa shape index (κ3) is 4.06. The monoisotopic (exact) mass is 421 g/mol. The molecule has 1 aliphatic carbocycles. The summed E-state index contributed by atoms with van der Waals surface area (Å²) in [5.74, 6) is -0.306. The van der Waals surface area contributed by atoms with Gasteiger partial charge in [0.25, 0.3) is 5.91 Å². The van der Waals surface area contributed by atoms with Crippen LogP contribution in [-0.4, -0.2) is 27.8 Å². The molecule has 0 bridgehead atoms. The molecule has 0 fully saturated rings. The molecule has 1 aliphatic heterocycles. The highest BCUT2D eigenvalue weighted by molar-refractivity contribution is 6.32. The summed E-state index contributed by atoms with van der Waals surface area (Å²) in [5, 5.41) is 3.30. The van der Waals surface area contributed by atoms with Gasteiger partial charge in [-0.3, -0.25) is 4.79 Å². The largest absolute Gasteiger partial charge is 0.456 e. The van der Waals surface area contributed by atoms with Crippen LogP contribution in [0.1, 0.15) is 15.9 Å². The van der Waals surface area contributed by atoms with Crippen molar-refractivity contribution in [2.24, 2.45) is 0 Å². The third-order valence-electron chi connectivity index (χ3n) is 4.94. The number of fused-ring (bicyclic) bond motifs is 2. The van der Waals surface area contributed by atoms with Crippen LogP contribution in [-0.2, 0) is 6.18 Å². The van der Waals surface area contributed by atoms with Crippen LogP contribution in [0.2, 0.25) is 0 Å². The van der Waals surface area contributed by atoms with Crippen LogP contribution in [0.3, 0.4) is 0 Å². The van der Waals surface area contributed by atoms with Gasteiger partial charge in [0.05, 0.1) is 11.6 Å². The van der Waals surface area contributed by atoms with Gasteiger partial charge in [0, 0.05) is 34.3 Å². The number of amides is 1. The Balaban J connectivity index is 1.86. The minimum Gasteiger partial charge on any atom is -0.456 e. The molecule has 0 unspecified atom stereocenters. The van der Waals surface area contributed by atoms with E-state index >= 15 is 0 Å². The zero-order valence-electron chi connectivity index (χ0n) is 16.7. The van der Waals surface area contributed by atoms with E-state index in [2.05, 4.69) is 5.32 Å². The van der Waals surface area contributed by atoms with E-state index in [1.54, 1.807) is 55.1 Å². The first kappa shape index (κ1) is 20.7. The lowest BCUT2D eigenvalue weighted by Gasteiger charge is -2.17. The lowest BCUT2D eigenvalue weighted by atomic mass is 9.95. The van der Waals surface area contributed by atoms with Crippen molar-refractivity contribution in [1.29, 1.82) is 0 Å². The van der Waals surface area contributed by atoms with Gasteiger partial charge in [-0.1, -0.05) is 29.7 Å². The number of hydrogen-bond acceptors (Lipinski definition) is 2. The second-order valence-electron chi connectivity index (χ2n) is 7.34. The van der Waals surface area contributed by atoms with Crippen LogP contribution in [0.15, 0.2) is 65.1 Å². The van der Waals surface area contributed by atoms with Gasteiger partial charge in [-0.25, -0.2) is 4.58 Å². The van der Waals surface area contributed by atoms with Gasteiger partial charge >= 0.3 is 6.18 Å². The Bertz CT molecular complexity index is 1340. The summed E-state index contributed by atoms with van der Waals surface area (Å²) in [7, 11) is 9.21. The number of anilines is 1. The molecule has 0 atom stereocenters. The minimum atomic E-state index is -4.58. The van der Waals surface area contributed by atoms with E-state index in [4.69, 9.17) is 12.3 Å². The van der Waals surface area contributed by atoms with Crippen LogP contribution in [0.5, 0.6) is 0 Å². The number of nitrogens with one attached hydrogen (secondary N) is 1. The standard InChI is InChI=1S/C23H16BF3N2O2/c1-29(2)16-8-10-18-20(12-16)31-19-11-15(7-9-17(19)21(18)23(25,26)27)28-22(30)13-3-5-14(24)6-4-13/h3-12H,1-2H3/p+1. The van der Waals surface area contributed by atoms with E-state index < -0.39 is 17.6 Å². The van der Waals surface area contributed by atoms with Crippen molar-refractivity contribution in [3.63, 3.8) is 0 Å². The fraction of sp³-hybridized carbons (Fsp3) is 0.130. The zero-order valence-corrected chi connectivity index (χ0v) is 16.7. The van der Waals surface area contributed by atoms with Crippen LogP contribution in [0.4, 0.5) is 18.9 Å². The fourth-order valence-corrected chi connectivity index (χ4v) is 3.38. The van der Waals surface area contributed by atoms with Crippen molar-refractivity contribution in [2.75, 3.05) is 19.4 Å². The number of nitrogens with zero attached hydrogens (tertiary/aromatic N) is 1. The minimum absolute atomic E-state index is 0.0193. The Morgan fingerprint density at radius 2 is 1.71 bits per heavy atom. The summed E-state index contributed by atoms with van der Waals surface area (Å²) in [6.45, 7) is 0. The second kappa shape index (κ2) is 7.61. The zero-order chi connectivity index (χ0) is 22.3. The summed E-state index contributed by atoms with van der Waals surface area (Å²) in [6.07, 6.45) is -4.58. The molecule has 1 heterocycles. The van der Waals surface area contributed by atoms with Gasteiger partial charge in [0.2, 0.25) is 5.36 Å². The first-order valence-electron chi connectivity index (χ1n) is 9.38. The molecule has 2 aliphatic rings. The van der Waals surface area contributed by atoms with Gasteiger partial charge in [-0.05, 0) is 18.2 Å². The van der Waals surface area contributed by atoms with E-state index in [-0.39, 0.29) is 22.3 Å². The average Bonchev–Trinajstić information content (AvgIpc) is 2.71. The molecule has 2 radical (unpaired) electrons. The Morgan fingerprint density at radius 3 is 2.35 bits per heavy atom. The lowest BCUT2D eigenvalue weighted by molar-refractivity contribution is -0.136. The van der Waals surface area contributed by atoms with Crippen LogP contribution in [0, 0.1) is 0 Å². The molecule has 0 aromatic heterocycles. The highest BCUT2D eigenvalue weighted by Gasteiger charge is 2.37. The first-order valence-corrected chi connectivity index (χ1v) is 9.38. The summed E-state index contributed by atoms with van der Waals surface area (Å²) in [5.41, 5.74) is 0.427. The van der Waals surface area contributed by atoms with Crippen molar-refractivity contribution < 1.29 is 22.4 Å². The third-order valence-corrected chi connectivity index (χ3v) is 4.94. The molecule has 2 aromatic rings. The molecule has 154 valence electrons. The number of hydrogen-bond donors (Lipinski definition) is 1. The maximum Gasteiger partial charge on any atom is 0.417 e. The summed E-state index contributed by atoms with van der Waals surface area (Å²) in [4.78, 5) is 12.5. The molecule has 8 heteroatoms. The molecule has 4 rings (SSSR count). The Labute approximate surface area is 177 Å². The predicted octanol–water partition coefficient (Wildman–Crippen LogP) is 3.63. The molecule has 0 saturated carbocycles. The van der Waals surface area contributed by atoms with Crippen molar-refractivity contribution in [3.8, 4) is 11.3 Å². The van der Waals surface area contributed by atoms with E-state index in [9.17, 15) is 18.0 Å². The van der Waals surface area contributed by atoms with E-state index in [1.807, 2.05) is 0 Å². The fourth-order valence-electron chi connectivity index (χ4n) is 3.38. The number of halogens is 3. The van der Waals surface area contributed by atoms with Gasteiger partial charge in [0.1, 0.15) is 33.3 Å². The molecule has 0 spiro atoms. The molecular formula is C23H17BF3N2O2+. The van der Waals surface area contributed by atoms with Gasteiger partial charge in [-0.15, -0.1) is 0 Å². The molecule has 1 amide bonds. The number of benzene rings is 3. The Morgan fingerprint density at radius 1 is 1.00 bits per heavy atom. The van der Waals surface area contributed by atoms with Crippen LogP contribution in [0.25, 0.3) is 22.3 Å². The molecule has 1 N–H and O–H groups in total.